The number of hydrogen-bond donors (Lipinski definition) is 0. The van der Waals surface area contributed by atoms with Gasteiger partial charge in [0, 0.05) is 18.2 Å². The lowest BCUT2D eigenvalue weighted by atomic mass is 10.1. The number of rotatable bonds is 4. The lowest BCUT2D eigenvalue weighted by Crippen LogP contribution is -2.35. The predicted molar refractivity (Wildman–Crippen MR) is 69.5 cm³/mol. The van der Waals surface area contributed by atoms with Crippen LogP contribution in [0.15, 0.2) is 18.2 Å². The molecule has 6 heteroatoms. The summed E-state index contributed by atoms with van der Waals surface area (Å²) >= 11 is 0. The van der Waals surface area contributed by atoms with Gasteiger partial charge in [0.15, 0.2) is 21.5 Å². The van der Waals surface area contributed by atoms with Gasteiger partial charge in [-0.1, -0.05) is 19.1 Å². The van der Waals surface area contributed by atoms with Crippen LogP contribution in [0.4, 0.5) is 8.78 Å². The van der Waals surface area contributed by atoms with E-state index in [2.05, 4.69) is 0 Å². The van der Waals surface area contributed by atoms with E-state index in [1.807, 2.05) is 11.8 Å². The van der Waals surface area contributed by atoms with Gasteiger partial charge < -0.3 is 0 Å². The van der Waals surface area contributed by atoms with Crippen molar-refractivity contribution in [1.82, 2.24) is 4.90 Å². The summed E-state index contributed by atoms with van der Waals surface area (Å²) in [6, 6.07) is 3.98. The van der Waals surface area contributed by atoms with E-state index < -0.39 is 21.5 Å². The Balaban J connectivity index is 2.14. The summed E-state index contributed by atoms with van der Waals surface area (Å²) < 4.78 is 49.7. The minimum atomic E-state index is -2.97. The summed E-state index contributed by atoms with van der Waals surface area (Å²) in [5.74, 6) is -1.42. The van der Waals surface area contributed by atoms with E-state index in [1.54, 1.807) is 0 Å². The highest BCUT2D eigenvalue weighted by molar-refractivity contribution is 7.91. The quantitative estimate of drug-likeness (QED) is 0.850. The summed E-state index contributed by atoms with van der Waals surface area (Å²) in [4.78, 5) is 1.89. The number of hydrogen-bond acceptors (Lipinski definition) is 3. The Hall–Kier alpha value is -1.01. The fourth-order valence-electron chi connectivity index (χ4n) is 2.45. The first kappa shape index (κ1) is 14.4. The summed E-state index contributed by atoms with van der Waals surface area (Å²) in [5.41, 5.74) is 0.270. The molecule has 0 spiro atoms. The Morgan fingerprint density at radius 2 is 2.11 bits per heavy atom. The molecule has 0 saturated carbocycles. The Kier molecular flexibility index (Phi) is 4.20. The molecular weight excluding hydrogens is 272 g/mol. The minimum absolute atomic E-state index is 0.0994. The molecule has 1 saturated heterocycles. The third kappa shape index (κ3) is 3.30. The van der Waals surface area contributed by atoms with Crippen LogP contribution in [0.3, 0.4) is 0 Å². The molecule has 106 valence electrons. The molecule has 3 nitrogen and oxygen atoms in total. The molecule has 0 bridgehead atoms. The minimum Gasteiger partial charge on any atom is -0.295 e. The molecule has 1 aromatic rings. The summed E-state index contributed by atoms with van der Waals surface area (Å²) in [7, 11) is -2.97. The fraction of sp³-hybridized carbons (Fsp3) is 0.538. The van der Waals surface area contributed by atoms with Gasteiger partial charge in [-0.05, 0) is 19.0 Å². The second kappa shape index (κ2) is 5.54. The first-order chi connectivity index (χ1) is 8.93. The molecule has 1 atom stereocenters. The van der Waals surface area contributed by atoms with Crippen molar-refractivity contribution in [2.45, 2.75) is 25.9 Å². The van der Waals surface area contributed by atoms with Crippen LogP contribution in [0.2, 0.25) is 0 Å². The smallest absolute Gasteiger partial charge is 0.163 e. The van der Waals surface area contributed by atoms with Crippen molar-refractivity contribution in [3.8, 4) is 0 Å². The molecule has 1 aromatic carbocycles. The van der Waals surface area contributed by atoms with Gasteiger partial charge in [-0.25, -0.2) is 17.2 Å². The van der Waals surface area contributed by atoms with Crippen LogP contribution in [-0.2, 0) is 16.4 Å². The van der Waals surface area contributed by atoms with Gasteiger partial charge in [0.1, 0.15) is 0 Å². The Morgan fingerprint density at radius 3 is 2.68 bits per heavy atom. The Labute approximate surface area is 112 Å². The Morgan fingerprint density at radius 1 is 1.37 bits per heavy atom. The van der Waals surface area contributed by atoms with Crippen LogP contribution in [0, 0.1) is 11.6 Å². The molecule has 2 rings (SSSR count). The highest BCUT2D eigenvalue weighted by Crippen LogP contribution is 2.21. The van der Waals surface area contributed by atoms with Gasteiger partial charge in [-0.2, -0.15) is 0 Å². The molecule has 1 aliphatic heterocycles. The third-order valence-electron chi connectivity index (χ3n) is 3.54. The summed E-state index contributed by atoms with van der Waals surface area (Å²) in [5, 5.41) is 0. The van der Waals surface area contributed by atoms with Crippen molar-refractivity contribution in [3.63, 3.8) is 0 Å². The second-order valence-corrected chi connectivity index (χ2v) is 7.06. The number of sulfone groups is 1. The zero-order valence-corrected chi connectivity index (χ0v) is 11.6. The molecule has 0 radical (unpaired) electrons. The zero-order chi connectivity index (χ0) is 14.0. The van der Waals surface area contributed by atoms with E-state index >= 15 is 0 Å². The van der Waals surface area contributed by atoms with E-state index in [9.17, 15) is 17.2 Å². The lowest BCUT2D eigenvalue weighted by molar-refractivity contribution is 0.211. The largest absolute Gasteiger partial charge is 0.295 e. The molecule has 0 unspecified atom stereocenters. The zero-order valence-electron chi connectivity index (χ0n) is 10.8. The fourth-order valence-corrected chi connectivity index (χ4v) is 4.21. The lowest BCUT2D eigenvalue weighted by Gasteiger charge is -2.26. The van der Waals surface area contributed by atoms with Crippen LogP contribution < -0.4 is 0 Å². The number of halogens is 2. The van der Waals surface area contributed by atoms with E-state index in [0.717, 1.165) is 6.07 Å². The first-order valence-corrected chi connectivity index (χ1v) is 8.12. The van der Waals surface area contributed by atoms with E-state index in [1.165, 1.54) is 12.1 Å². The highest BCUT2D eigenvalue weighted by atomic mass is 32.2. The monoisotopic (exact) mass is 289 g/mol. The normalized spacial score (nSPS) is 22.0. The molecule has 0 N–H and O–H groups in total. The van der Waals surface area contributed by atoms with E-state index in [0.29, 0.717) is 13.0 Å². The predicted octanol–water partition coefficient (Wildman–Crippen LogP) is 1.97. The molecule has 1 aliphatic rings. The van der Waals surface area contributed by atoms with Gasteiger partial charge >= 0.3 is 0 Å². The Bertz CT molecular complexity index is 560. The van der Waals surface area contributed by atoms with Gasteiger partial charge in [0.25, 0.3) is 0 Å². The number of benzene rings is 1. The average molecular weight is 289 g/mol. The maximum atomic E-state index is 13.6. The second-order valence-electron chi connectivity index (χ2n) is 4.83. The first-order valence-electron chi connectivity index (χ1n) is 6.30. The van der Waals surface area contributed by atoms with Crippen molar-refractivity contribution in [2.24, 2.45) is 0 Å². The van der Waals surface area contributed by atoms with Crippen LogP contribution in [0.1, 0.15) is 18.9 Å². The standard InChI is InChI=1S/C13H17F2NO2S/c1-2-16(11-6-7-19(17,18)9-11)8-10-4-3-5-12(14)13(10)15/h3-5,11H,2,6-9H2,1H3/t11-/m0/s1. The third-order valence-corrected chi connectivity index (χ3v) is 5.29. The van der Waals surface area contributed by atoms with Crippen LogP contribution in [0.25, 0.3) is 0 Å². The average Bonchev–Trinajstić information content (AvgIpc) is 2.71. The number of nitrogens with zero attached hydrogens (tertiary/aromatic N) is 1. The molecule has 1 heterocycles. The van der Waals surface area contributed by atoms with Crippen molar-refractivity contribution in [1.29, 1.82) is 0 Å². The van der Waals surface area contributed by atoms with Crippen molar-refractivity contribution < 1.29 is 17.2 Å². The molecular formula is C13H17F2NO2S. The van der Waals surface area contributed by atoms with Gasteiger partial charge in [0.05, 0.1) is 11.5 Å². The van der Waals surface area contributed by atoms with Gasteiger partial charge in [-0.3, -0.25) is 4.90 Å². The van der Waals surface area contributed by atoms with E-state index in [4.69, 9.17) is 0 Å². The summed E-state index contributed by atoms with van der Waals surface area (Å²) in [6.07, 6.45) is 0.563. The topological polar surface area (TPSA) is 37.4 Å². The maximum Gasteiger partial charge on any atom is 0.163 e. The summed E-state index contributed by atoms with van der Waals surface area (Å²) in [6.45, 7) is 2.73. The molecule has 19 heavy (non-hydrogen) atoms. The molecule has 0 aliphatic carbocycles. The maximum absolute atomic E-state index is 13.6. The van der Waals surface area contributed by atoms with Crippen LogP contribution in [0.5, 0.6) is 0 Å². The highest BCUT2D eigenvalue weighted by Gasteiger charge is 2.31. The van der Waals surface area contributed by atoms with Crippen LogP contribution >= 0.6 is 0 Å². The van der Waals surface area contributed by atoms with Gasteiger partial charge in [-0.15, -0.1) is 0 Å². The van der Waals surface area contributed by atoms with Crippen LogP contribution in [-0.4, -0.2) is 37.4 Å². The van der Waals surface area contributed by atoms with Crippen molar-refractivity contribution in [2.75, 3.05) is 18.1 Å². The SMILES string of the molecule is CCN(Cc1cccc(F)c1F)[C@H]1CCS(=O)(=O)C1. The van der Waals surface area contributed by atoms with Gasteiger partial charge in [0.2, 0.25) is 0 Å². The molecule has 0 aromatic heterocycles. The molecule has 1 fully saturated rings. The van der Waals surface area contributed by atoms with Crippen molar-refractivity contribution in [3.05, 3.63) is 35.4 Å². The van der Waals surface area contributed by atoms with E-state index in [-0.39, 0.29) is 29.7 Å². The molecule has 0 amide bonds. The van der Waals surface area contributed by atoms with Crippen molar-refractivity contribution >= 4 is 9.84 Å².